The fraction of sp³-hybridized carbons (Fsp3) is 0.500. The predicted molar refractivity (Wildman–Crippen MR) is 69.2 cm³/mol. The largest absolute Gasteiger partial charge is 0.469 e. The summed E-state index contributed by atoms with van der Waals surface area (Å²) in [6.07, 6.45) is -4.69. The van der Waals surface area contributed by atoms with Crippen molar-refractivity contribution >= 4 is 5.97 Å². The van der Waals surface area contributed by atoms with Crippen LogP contribution in [0.1, 0.15) is 24.0 Å². The van der Waals surface area contributed by atoms with Gasteiger partial charge in [0.25, 0.3) is 0 Å². The first kappa shape index (κ1) is 16.5. The highest BCUT2D eigenvalue weighted by Gasteiger charge is 2.25. The Bertz CT molecular complexity index is 433. The summed E-state index contributed by atoms with van der Waals surface area (Å²) in [5.74, 6) is -0.338. The lowest BCUT2D eigenvalue weighted by Gasteiger charge is -2.10. The monoisotopic (exact) mass is 289 g/mol. The molecule has 0 radical (unpaired) electrons. The van der Waals surface area contributed by atoms with E-state index in [0.29, 0.717) is 6.54 Å². The molecule has 0 aromatic heterocycles. The molecule has 112 valence electrons. The van der Waals surface area contributed by atoms with Gasteiger partial charge in [-0.2, -0.15) is 13.2 Å². The molecule has 0 unspecified atom stereocenters. The normalized spacial score (nSPS) is 11.4. The average molecular weight is 289 g/mol. The molecule has 0 heterocycles. The van der Waals surface area contributed by atoms with Crippen molar-refractivity contribution in [3.8, 4) is 0 Å². The molecule has 0 aliphatic rings. The zero-order valence-corrected chi connectivity index (χ0v) is 11.3. The van der Waals surface area contributed by atoms with Gasteiger partial charge < -0.3 is 10.1 Å². The predicted octanol–water partition coefficient (Wildman–Crippen LogP) is 2.83. The molecule has 0 saturated carbocycles. The van der Waals surface area contributed by atoms with Crippen molar-refractivity contribution in [1.82, 2.24) is 5.32 Å². The van der Waals surface area contributed by atoms with Gasteiger partial charge in [-0.15, -0.1) is 0 Å². The second-order valence-corrected chi connectivity index (χ2v) is 4.42. The zero-order chi connectivity index (χ0) is 15.0. The van der Waals surface area contributed by atoms with Gasteiger partial charge in [0.05, 0.1) is 13.5 Å². The van der Waals surface area contributed by atoms with E-state index in [4.69, 9.17) is 0 Å². The van der Waals surface area contributed by atoms with E-state index in [-0.39, 0.29) is 25.4 Å². The Kier molecular flexibility index (Phi) is 6.51. The topological polar surface area (TPSA) is 38.3 Å². The average Bonchev–Trinajstić information content (AvgIpc) is 2.38. The molecule has 0 saturated heterocycles. The first-order valence-corrected chi connectivity index (χ1v) is 6.33. The quantitative estimate of drug-likeness (QED) is 0.619. The molecule has 6 heteroatoms. The van der Waals surface area contributed by atoms with Crippen LogP contribution < -0.4 is 5.32 Å². The number of esters is 1. The van der Waals surface area contributed by atoms with Gasteiger partial charge in [0.2, 0.25) is 0 Å². The van der Waals surface area contributed by atoms with Crippen LogP contribution >= 0.6 is 0 Å². The number of alkyl halides is 3. The molecule has 0 aliphatic heterocycles. The fourth-order valence-electron chi connectivity index (χ4n) is 1.77. The van der Waals surface area contributed by atoms with E-state index in [0.717, 1.165) is 11.1 Å². The number of methoxy groups -OCH3 is 1. The Hall–Kier alpha value is -1.56. The van der Waals surface area contributed by atoms with Crippen LogP contribution in [-0.2, 0) is 22.5 Å². The van der Waals surface area contributed by atoms with Crippen molar-refractivity contribution in [2.75, 3.05) is 13.7 Å². The molecule has 0 aliphatic carbocycles. The summed E-state index contributed by atoms with van der Waals surface area (Å²) in [6, 6.07) is 7.29. The Labute approximate surface area is 116 Å². The van der Waals surface area contributed by atoms with E-state index in [1.54, 1.807) is 0 Å². The first-order chi connectivity index (χ1) is 9.42. The molecule has 0 amide bonds. The van der Waals surface area contributed by atoms with Crippen molar-refractivity contribution in [3.05, 3.63) is 35.4 Å². The van der Waals surface area contributed by atoms with E-state index in [1.165, 1.54) is 7.11 Å². The van der Waals surface area contributed by atoms with Crippen molar-refractivity contribution in [3.63, 3.8) is 0 Å². The van der Waals surface area contributed by atoms with E-state index < -0.39 is 12.6 Å². The summed E-state index contributed by atoms with van der Waals surface area (Å²) in [7, 11) is 1.32. The van der Waals surface area contributed by atoms with Gasteiger partial charge in [-0.1, -0.05) is 24.3 Å². The minimum Gasteiger partial charge on any atom is -0.469 e. The van der Waals surface area contributed by atoms with Crippen LogP contribution in [0.5, 0.6) is 0 Å². The molecule has 1 aromatic carbocycles. The highest BCUT2D eigenvalue weighted by molar-refractivity contribution is 5.72. The number of hydrogen-bond acceptors (Lipinski definition) is 3. The second-order valence-electron chi connectivity index (χ2n) is 4.42. The molecular weight excluding hydrogens is 271 g/mol. The van der Waals surface area contributed by atoms with E-state index >= 15 is 0 Å². The molecule has 0 spiro atoms. The molecule has 1 rings (SSSR count). The fourth-order valence-corrected chi connectivity index (χ4v) is 1.77. The summed E-state index contributed by atoms with van der Waals surface area (Å²) in [5.41, 5.74) is 1.72. The van der Waals surface area contributed by atoms with Crippen LogP contribution in [0, 0.1) is 0 Å². The van der Waals surface area contributed by atoms with Crippen molar-refractivity contribution < 1.29 is 22.7 Å². The number of carbonyl (C=O) groups excluding carboxylic acids is 1. The third kappa shape index (κ3) is 6.56. The lowest BCUT2D eigenvalue weighted by Crippen LogP contribution is -2.19. The van der Waals surface area contributed by atoms with Crippen LogP contribution in [-0.4, -0.2) is 25.8 Å². The van der Waals surface area contributed by atoms with Crippen LogP contribution in [0.25, 0.3) is 0 Å². The molecule has 1 aromatic rings. The van der Waals surface area contributed by atoms with E-state index in [2.05, 4.69) is 10.1 Å². The van der Waals surface area contributed by atoms with Crippen LogP contribution in [0.4, 0.5) is 13.2 Å². The van der Waals surface area contributed by atoms with E-state index in [1.807, 2.05) is 24.3 Å². The molecule has 0 fully saturated rings. The summed E-state index contributed by atoms with van der Waals surface area (Å²) in [4.78, 5) is 11.3. The Morgan fingerprint density at radius 2 is 1.90 bits per heavy atom. The van der Waals surface area contributed by atoms with E-state index in [9.17, 15) is 18.0 Å². The van der Waals surface area contributed by atoms with Gasteiger partial charge in [0, 0.05) is 13.0 Å². The number of ether oxygens (including phenoxy) is 1. The van der Waals surface area contributed by atoms with Gasteiger partial charge in [-0.25, -0.2) is 0 Å². The van der Waals surface area contributed by atoms with Crippen molar-refractivity contribution in [2.45, 2.75) is 32.0 Å². The molecule has 0 atom stereocenters. The minimum atomic E-state index is -4.11. The lowest BCUT2D eigenvalue weighted by atomic mass is 10.0. The second kappa shape index (κ2) is 7.89. The van der Waals surface area contributed by atoms with Gasteiger partial charge in [0.15, 0.2) is 0 Å². The summed E-state index contributed by atoms with van der Waals surface area (Å²) in [6.45, 7) is 0.719. The Balaban J connectivity index is 2.41. The lowest BCUT2D eigenvalue weighted by molar-refractivity contribution is -0.140. The highest BCUT2D eigenvalue weighted by atomic mass is 19.4. The maximum Gasteiger partial charge on any atom is 0.389 e. The Morgan fingerprint density at radius 3 is 2.50 bits per heavy atom. The standard InChI is InChI=1S/C14H18F3NO2/c1-20-13(19)9-11-5-2-3-6-12(11)10-18-8-4-7-14(15,16)17/h2-3,5-6,18H,4,7-10H2,1H3. The van der Waals surface area contributed by atoms with Gasteiger partial charge in [-0.3, -0.25) is 4.79 Å². The Morgan fingerprint density at radius 1 is 1.25 bits per heavy atom. The maximum absolute atomic E-state index is 12.0. The third-order valence-electron chi connectivity index (χ3n) is 2.81. The summed E-state index contributed by atoms with van der Waals surface area (Å²) in [5, 5.41) is 2.95. The number of halogens is 3. The van der Waals surface area contributed by atoms with Crippen LogP contribution in [0.15, 0.2) is 24.3 Å². The number of hydrogen-bond donors (Lipinski definition) is 1. The SMILES string of the molecule is COC(=O)Cc1ccccc1CNCCCC(F)(F)F. The maximum atomic E-state index is 12.0. The van der Waals surface area contributed by atoms with Gasteiger partial charge >= 0.3 is 12.1 Å². The molecule has 3 nitrogen and oxygen atoms in total. The van der Waals surface area contributed by atoms with Crippen molar-refractivity contribution in [1.29, 1.82) is 0 Å². The van der Waals surface area contributed by atoms with Gasteiger partial charge in [-0.05, 0) is 24.1 Å². The number of carbonyl (C=O) groups is 1. The first-order valence-electron chi connectivity index (χ1n) is 6.33. The van der Waals surface area contributed by atoms with Gasteiger partial charge in [0.1, 0.15) is 0 Å². The number of nitrogens with one attached hydrogen (secondary N) is 1. The summed E-state index contributed by atoms with van der Waals surface area (Å²) >= 11 is 0. The number of rotatable bonds is 7. The zero-order valence-electron chi connectivity index (χ0n) is 11.3. The smallest absolute Gasteiger partial charge is 0.389 e. The molecular formula is C14H18F3NO2. The molecule has 0 bridgehead atoms. The summed E-state index contributed by atoms with van der Waals surface area (Å²) < 4.78 is 40.5. The molecule has 20 heavy (non-hydrogen) atoms. The third-order valence-corrected chi connectivity index (χ3v) is 2.81. The van der Waals surface area contributed by atoms with Crippen LogP contribution in [0.2, 0.25) is 0 Å². The highest BCUT2D eigenvalue weighted by Crippen LogP contribution is 2.20. The number of benzene rings is 1. The minimum absolute atomic E-state index is 0.0443. The van der Waals surface area contributed by atoms with Crippen LogP contribution in [0.3, 0.4) is 0 Å². The molecule has 1 N–H and O–H groups in total. The van der Waals surface area contributed by atoms with Crippen molar-refractivity contribution in [2.24, 2.45) is 0 Å².